The van der Waals surface area contributed by atoms with Crippen LogP contribution in [-0.4, -0.2) is 43.7 Å². The quantitative estimate of drug-likeness (QED) is 0.334. The van der Waals surface area contributed by atoms with Gasteiger partial charge in [0, 0.05) is 17.8 Å². The summed E-state index contributed by atoms with van der Waals surface area (Å²) in [4.78, 5) is 4.76. The average Bonchev–Trinajstić information content (AvgIpc) is 3.08. The molecule has 0 unspecified atom stereocenters. The van der Waals surface area contributed by atoms with Crippen molar-refractivity contribution in [1.29, 1.82) is 0 Å². The predicted molar refractivity (Wildman–Crippen MR) is 151 cm³/mol. The van der Waals surface area contributed by atoms with Crippen LogP contribution in [0.5, 0.6) is 11.5 Å². The minimum Gasteiger partial charge on any atom is -0.497 e. The number of hydrogen-bond donors (Lipinski definition) is 1. The van der Waals surface area contributed by atoms with Crippen LogP contribution in [-0.2, 0) is 28.6 Å². The third kappa shape index (κ3) is 6.79. The Labute approximate surface area is 234 Å². The Morgan fingerprint density at radius 2 is 1.23 bits per heavy atom. The molecule has 1 fully saturated rings. The molecule has 1 aliphatic rings. The number of aromatic nitrogens is 1. The Morgan fingerprint density at radius 3 is 1.65 bits per heavy atom. The largest absolute Gasteiger partial charge is 0.497 e. The van der Waals surface area contributed by atoms with E-state index in [2.05, 4.69) is 0 Å². The Bertz CT molecular complexity index is 1290. The third-order valence-electron chi connectivity index (χ3n) is 7.67. The molecule has 2 heterocycles. The maximum Gasteiger partial charge on any atom is 0.495 e. The molecule has 216 valence electrons. The van der Waals surface area contributed by atoms with Gasteiger partial charge in [-0.15, -0.1) is 0 Å². The van der Waals surface area contributed by atoms with Gasteiger partial charge in [0.15, 0.2) is 0 Å². The highest BCUT2D eigenvalue weighted by molar-refractivity contribution is 6.63. The van der Waals surface area contributed by atoms with E-state index in [9.17, 15) is 13.2 Å². The average molecular weight is 558 g/mol. The molecule has 3 N–H and O–H groups in total. The van der Waals surface area contributed by atoms with Crippen LogP contribution < -0.4 is 21.1 Å². The van der Waals surface area contributed by atoms with Crippen molar-refractivity contribution < 1.29 is 32.0 Å². The third-order valence-corrected chi connectivity index (χ3v) is 7.67. The molecule has 0 amide bonds. The van der Waals surface area contributed by atoms with E-state index in [-0.39, 0.29) is 11.7 Å². The molecule has 1 aromatic heterocycles. The van der Waals surface area contributed by atoms with Crippen LogP contribution in [0.2, 0.25) is 0 Å². The summed E-state index contributed by atoms with van der Waals surface area (Å²) in [6.07, 6.45) is -4.77. The second-order valence-corrected chi connectivity index (χ2v) is 10.9. The number of ether oxygens (including phenoxy) is 2. The first-order valence-electron chi connectivity index (χ1n) is 12.9. The molecule has 3 aromatic rings. The summed E-state index contributed by atoms with van der Waals surface area (Å²) in [7, 11) is 2.21. The lowest BCUT2D eigenvalue weighted by Gasteiger charge is -2.32. The van der Waals surface area contributed by atoms with Crippen LogP contribution >= 0.6 is 0 Å². The van der Waals surface area contributed by atoms with Crippen molar-refractivity contribution in [2.24, 2.45) is 0 Å². The fourth-order valence-corrected chi connectivity index (χ4v) is 4.77. The van der Waals surface area contributed by atoms with Gasteiger partial charge in [-0.1, -0.05) is 24.3 Å². The number of pyridine rings is 1. The van der Waals surface area contributed by atoms with E-state index in [0.29, 0.717) is 41.0 Å². The second kappa shape index (κ2) is 11.8. The maximum absolute atomic E-state index is 13.9. The van der Waals surface area contributed by atoms with Crippen molar-refractivity contribution in [3.63, 3.8) is 0 Å². The van der Waals surface area contributed by atoms with Gasteiger partial charge in [-0.05, 0) is 93.0 Å². The molecule has 10 heteroatoms. The monoisotopic (exact) mass is 558 g/mol. The summed E-state index contributed by atoms with van der Waals surface area (Å²) in [6.45, 7) is 9.21. The highest BCUT2D eigenvalue weighted by Crippen LogP contribution is 2.38. The molecule has 4 rings (SSSR count). The van der Waals surface area contributed by atoms with E-state index in [1.807, 2.05) is 76.2 Å². The fraction of sp³-hybridized carbons (Fsp3) is 0.433. The summed E-state index contributed by atoms with van der Waals surface area (Å²) < 4.78 is 65.0. The molecule has 0 saturated carbocycles. The van der Waals surface area contributed by atoms with Gasteiger partial charge in [0.25, 0.3) is 0 Å². The molecule has 0 atom stereocenters. The Morgan fingerprint density at radius 1 is 0.775 bits per heavy atom. The zero-order valence-corrected chi connectivity index (χ0v) is 24.2. The highest BCUT2D eigenvalue weighted by atomic mass is 19.4. The van der Waals surface area contributed by atoms with Crippen molar-refractivity contribution in [3.05, 3.63) is 82.2 Å². The normalized spacial score (nSPS) is 16.0. The van der Waals surface area contributed by atoms with Gasteiger partial charge in [0.05, 0.1) is 31.8 Å². The molecule has 1 aliphatic heterocycles. The summed E-state index contributed by atoms with van der Waals surface area (Å²) in [6, 6.07) is 15.1. The van der Waals surface area contributed by atoms with Crippen molar-refractivity contribution in [2.75, 3.05) is 14.2 Å². The minimum atomic E-state index is -4.43. The molecule has 40 heavy (non-hydrogen) atoms. The van der Waals surface area contributed by atoms with E-state index < -0.39 is 30.9 Å². The SMILES string of the molecule is COc1ccc(Cc2nc(C)c(CC(F)(F)F)c(B3OC(C)(C)C(C)(C)O3)c2Cc2ccc(OC)cc2)cc1.N. The molecule has 6 nitrogen and oxygen atoms in total. The van der Waals surface area contributed by atoms with Crippen molar-refractivity contribution in [1.82, 2.24) is 11.1 Å². The number of halogens is 3. The first-order valence-corrected chi connectivity index (χ1v) is 12.9. The van der Waals surface area contributed by atoms with Crippen molar-refractivity contribution >= 4 is 12.6 Å². The van der Waals surface area contributed by atoms with Crippen LogP contribution in [0.1, 0.15) is 61.3 Å². The van der Waals surface area contributed by atoms with Gasteiger partial charge >= 0.3 is 13.3 Å². The van der Waals surface area contributed by atoms with Crippen molar-refractivity contribution in [3.8, 4) is 11.5 Å². The maximum atomic E-state index is 13.9. The first kappa shape index (κ1) is 31.5. The van der Waals surface area contributed by atoms with Crippen LogP contribution in [0.15, 0.2) is 48.5 Å². The van der Waals surface area contributed by atoms with E-state index in [4.69, 9.17) is 23.8 Å². The molecular weight excluding hydrogens is 520 g/mol. The van der Waals surface area contributed by atoms with Crippen LogP contribution in [0, 0.1) is 6.92 Å². The Balaban J connectivity index is 0.00000441. The van der Waals surface area contributed by atoms with Crippen molar-refractivity contribution in [2.45, 2.75) is 71.3 Å². The van der Waals surface area contributed by atoms with Gasteiger partial charge < -0.3 is 24.9 Å². The minimum absolute atomic E-state index is 0. The van der Waals surface area contributed by atoms with Gasteiger partial charge in [-0.3, -0.25) is 4.98 Å². The smallest absolute Gasteiger partial charge is 0.495 e. The lowest BCUT2D eigenvalue weighted by Crippen LogP contribution is -2.42. The topological polar surface area (TPSA) is 84.8 Å². The van der Waals surface area contributed by atoms with E-state index >= 15 is 0 Å². The highest BCUT2D eigenvalue weighted by Gasteiger charge is 2.53. The van der Waals surface area contributed by atoms with Gasteiger partial charge in [0.1, 0.15) is 11.5 Å². The molecule has 0 spiro atoms. The van der Waals surface area contributed by atoms with Gasteiger partial charge in [-0.25, -0.2) is 0 Å². The number of hydrogen-bond acceptors (Lipinski definition) is 6. The summed E-state index contributed by atoms with van der Waals surface area (Å²) >= 11 is 0. The molecule has 0 bridgehead atoms. The van der Waals surface area contributed by atoms with E-state index in [0.717, 1.165) is 16.9 Å². The number of nitrogens with zero attached hydrogens (tertiary/aromatic N) is 1. The van der Waals surface area contributed by atoms with Gasteiger partial charge in [0.2, 0.25) is 0 Å². The second-order valence-electron chi connectivity index (χ2n) is 10.9. The summed E-state index contributed by atoms with van der Waals surface area (Å²) in [5, 5.41) is 0. The predicted octanol–water partition coefficient (Wildman–Crippen LogP) is 6.15. The summed E-state index contributed by atoms with van der Waals surface area (Å²) in [5.41, 5.74) is 2.62. The van der Waals surface area contributed by atoms with Crippen LogP contribution in [0.4, 0.5) is 13.2 Å². The lowest BCUT2D eigenvalue weighted by atomic mass is 9.70. The number of benzene rings is 2. The molecule has 0 radical (unpaired) electrons. The number of methoxy groups -OCH3 is 2. The number of rotatable bonds is 8. The Hall–Kier alpha value is -3.08. The summed E-state index contributed by atoms with van der Waals surface area (Å²) in [5.74, 6) is 1.42. The van der Waals surface area contributed by atoms with E-state index in [1.54, 1.807) is 21.1 Å². The van der Waals surface area contributed by atoms with Gasteiger partial charge in [-0.2, -0.15) is 13.2 Å². The number of aryl methyl sites for hydroxylation is 1. The molecule has 1 saturated heterocycles. The number of alkyl halides is 3. The zero-order chi connectivity index (χ0) is 28.6. The van der Waals surface area contributed by atoms with Crippen LogP contribution in [0.25, 0.3) is 0 Å². The first-order chi connectivity index (χ1) is 18.2. The lowest BCUT2D eigenvalue weighted by molar-refractivity contribution is -0.127. The Kier molecular flexibility index (Phi) is 9.28. The molecule has 0 aliphatic carbocycles. The molecular formula is C30H38BF3N2O4. The van der Waals surface area contributed by atoms with Crippen LogP contribution in [0.3, 0.4) is 0 Å². The zero-order valence-electron chi connectivity index (χ0n) is 24.2. The fourth-order valence-electron chi connectivity index (χ4n) is 4.77. The standard InChI is InChI=1S/C30H35BF3NO4.H3N/c1-19-25(18-30(32,33)34)27(31-38-28(2,3)29(4,5)39-31)24(16-20-8-12-22(36-6)13-9-20)26(35-19)17-21-10-14-23(37-7)15-11-21;/h8-15H,16-18H2,1-7H3;1H3. The van der Waals surface area contributed by atoms with E-state index in [1.165, 1.54) is 0 Å². The molecule has 2 aromatic carbocycles.